The largest absolute Gasteiger partial charge is 0.385 e. The maximum absolute atomic E-state index is 10.8. The normalized spacial score (nSPS) is 15.0. The maximum Gasteiger partial charge on any atom is 0.249 e. The molecule has 0 aliphatic rings. The minimum absolute atomic E-state index is 0.0281. The Bertz CT molecular complexity index is 423. The molecule has 5 nitrogen and oxygen atoms in total. The van der Waals surface area contributed by atoms with Crippen LogP contribution in [0.5, 0.6) is 0 Å². The van der Waals surface area contributed by atoms with Gasteiger partial charge >= 0.3 is 0 Å². The lowest BCUT2D eigenvalue weighted by molar-refractivity contribution is -0.131. The van der Waals surface area contributed by atoms with Crippen LogP contribution in [0.1, 0.15) is 38.0 Å². The van der Waals surface area contributed by atoms with Crippen molar-refractivity contribution in [2.24, 2.45) is 5.73 Å². The predicted octanol–water partition coefficient (Wildman–Crippen LogP) is 0.454. The number of rotatable bonds is 5. The van der Waals surface area contributed by atoms with Crippen LogP contribution in [0.2, 0.25) is 0 Å². The molecule has 5 heteroatoms. The fourth-order valence-electron chi connectivity index (χ4n) is 1.54. The molecular weight excluding hydrogens is 244 g/mol. The van der Waals surface area contributed by atoms with Crippen LogP contribution in [-0.2, 0) is 11.3 Å². The Morgan fingerprint density at radius 2 is 1.79 bits per heavy atom. The zero-order chi connectivity index (χ0) is 14.6. The highest BCUT2D eigenvalue weighted by Gasteiger charge is 2.23. The molecule has 106 valence electrons. The van der Waals surface area contributed by atoms with Gasteiger partial charge in [0.25, 0.3) is 0 Å². The fraction of sp³-hybridized carbons (Fsp3) is 0.500. The number of carbonyl (C=O) groups excluding carboxylic acids is 1. The average Bonchev–Trinajstić information content (AvgIpc) is 2.34. The van der Waals surface area contributed by atoms with Crippen LogP contribution in [0, 0.1) is 0 Å². The molecule has 0 fully saturated rings. The zero-order valence-corrected chi connectivity index (χ0v) is 11.6. The predicted molar refractivity (Wildman–Crippen MR) is 73.2 cm³/mol. The minimum Gasteiger partial charge on any atom is -0.385 e. The number of amides is 1. The Balaban J connectivity index is 2.68. The molecule has 0 spiro atoms. The van der Waals surface area contributed by atoms with E-state index in [1.807, 2.05) is 12.1 Å². The summed E-state index contributed by atoms with van der Waals surface area (Å²) in [7, 11) is 0. The highest BCUT2D eigenvalue weighted by atomic mass is 16.3. The van der Waals surface area contributed by atoms with Crippen molar-refractivity contribution in [3.05, 3.63) is 35.4 Å². The molecule has 1 aromatic rings. The molecular formula is C14H22N2O3. The number of hydrogen-bond acceptors (Lipinski definition) is 4. The molecule has 0 radical (unpaired) electrons. The third-order valence-corrected chi connectivity index (χ3v) is 2.73. The van der Waals surface area contributed by atoms with Crippen molar-refractivity contribution in [3.63, 3.8) is 0 Å². The first kappa shape index (κ1) is 15.6. The van der Waals surface area contributed by atoms with E-state index in [2.05, 4.69) is 26.1 Å². The molecule has 0 aliphatic carbocycles. The van der Waals surface area contributed by atoms with E-state index in [1.54, 1.807) is 12.1 Å². The van der Waals surface area contributed by atoms with E-state index in [-0.39, 0.29) is 5.54 Å². The van der Waals surface area contributed by atoms with Gasteiger partial charge in [0.1, 0.15) is 6.10 Å². The van der Waals surface area contributed by atoms with Crippen LogP contribution in [0.15, 0.2) is 24.3 Å². The van der Waals surface area contributed by atoms with E-state index in [9.17, 15) is 15.0 Å². The number of primary amides is 1. The molecule has 0 saturated heterocycles. The van der Waals surface area contributed by atoms with Gasteiger partial charge in [0.05, 0.1) is 0 Å². The molecule has 0 heterocycles. The van der Waals surface area contributed by atoms with E-state index in [0.29, 0.717) is 12.1 Å². The summed E-state index contributed by atoms with van der Waals surface area (Å²) in [5, 5.41) is 22.5. The van der Waals surface area contributed by atoms with Gasteiger partial charge in [-0.1, -0.05) is 24.3 Å². The van der Waals surface area contributed by atoms with Crippen LogP contribution in [-0.4, -0.2) is 27.8 Å². The Kier molecular flexibility index (Phi) is 5.05. The van der Waals surface area contributed by atoms with Crippen LogP contribution < -0.4 is 11.1 Å². The molecule has 0 bridgehead atoms. The topological polar surface area (TPSA) is 95.6 Å². The van der Waals surface area contributed by atoms with E-state index in [1.165, 1.54) is 0 Å². The van der Waals surface area contributed by atoms with Crippen molar-refractivity contribution in [1.82, 2.24) is 5.32 Å². The highest BCUT2D eigenvalue weighted by molar-refractivity contribution is 5.79. The standard InChI is InChI=1S/C14H22N2O3/c1-14(2,3)16-8-9-4-6-10(7-5-9)11(17)12(18)13(15)19/h4-7,11-12,16-18H,8H2,1-3H3,(H2,15,19). The number of nitrogens with one attached hydrogen (secondary N) is 1. The van der Waals surface area contributed by atoms with Gasteiger partial charge in [0, 0.05) is 12.1 Å². The maximum atomic E-state index is 10.8. The smallest absolute Gasteiger partial charge is 0.249 e. The van der Waals surface area contributed by atoms with Gasteiger partial charge in [-0.2, -0.15) is 0 Å². The first-order valence-corrected chi connectivity index (χ1v) is 6.20. The van der Waals surface area contributed by atoms with Crippen molar-refractivity contribution >= 4 is 5.91 Å². The molecule has 0 aliphatic heterocycles. The fourth-order valence-corrected chi connectivity index (χ4v) is 1.54. The van der Waals surface area contributed by atoms with Crippen LogP contribution in [0.4, 0.5) is 0 Å². The lowest BCUT2D eigenvalue weighted by Crippen LogP contribution is -2.35. The Morgan fingerprint density at radius 3 is 2.21 bits per heavy atom. The van der Waals surface area contributed by atoms with Gasteiger partial charge in [0.15, 0.2) is 6.10 Å². The SMILES string of the molecule is CC(C)(C)NCc1ccc(C(O)C(O)C(N)=O)cc1. The number of benzene rings is 1. The number of aliphatic hydroxyl groups is 2. The first-order chi connectivity index (χ1) is 8.70. The van der Waals surface area contributed by atoms with Crippen molar-refractivity contribution in [1.29, 1.82) is 0 Å². The highest BCUT2D eigenvalue weighted by Crippen LogP contribution is 2.17. The van der Waals surface area contributed by atoms with Gasteiger partial charge in [-0.3, -0.25) is 4.79 Å². The lowest BCUT2D eigenvalue weighted by atomic mass is 10.0. The first-order valence-electron chi connectivity index (χ1n) is 6.20. The van der Waals surface area contributed by atoms with Gasteiger partial charge in [-0.05, 0) is 31.9 Å². The van der Waals surface area contributed by atoms with E-state index in [0.717, 1.165) is 5.56 Å². The van der Waals surface area contributed by atoms with Gasteiger partial charge < -0.3 is 21.3 Å². The monoisotopic (exact) mass is 266 g/mol. The van der Waals surface area contributed by atoms with Crippen LogP contribution >= 0.6 is 0 Å². The van der Waals surface area contributed by atoms with Gasteiger partial charge in [-0.25, -0.2) is 0 Å². The molecule has 1 amide bonds. The summed E-state index contributed by atoms with van der Waals surface area (Å²) < 4.78 is 0. The van der Waals surface area contributed by atoms with Gasteiger partial charge in [0.2, 0.25) is 5.91 Å². The van der Waals surface area contributed by atoms with Crippen LogP contribution in [0.25, 0.3) is 0 Å². The van der Waals surface area contributed by atoms with Gasteiger partial charge in [-0.15, -0.1) is 0 Å². The third kappa shape index (κ3) is 4.98. The molecule has 2 unspecified atom stereocenters. The molecule has 0 aromatic heterocycles. The quantitative estimate of drug-likeness (QED) is 0.622. The summed E-state index contributed by atoms with van der Waals surface area (Å²) in [5.74, 6) is -0.939. The van der Waals surface area contributed by atoms with E-state index in [4.69, 9.17) is 5.73 Å². The summed E-state index contributed by atoms with van der Waals surface area (Å²) in [6.07, 6.45) is -2.87. The third-order valence-electron chi connectivity index (χ3n) is 2.73. The Morgan fingerprint density at radius 1 is 1.26 bits per heavy atom. The van der Waals surface area contributed by atoms with E-state index < -0.39 is 18.1 Å². The summed E-state index contributed by atoms with van der Waals surface area (Å²) in [6, 6.07) is 7.03. The second-order valence-corrected chi connectivity index (χ2v) is 5.64. The molecule has 2 atom stereocenters. The number of hydrogen-bond donors (Lipinski definition) is 4. The van der Waals surface area contributed by atoms with E-state index >= 15 is 0 Å². The Labute approximate surface area is 113 Å². The molecule has 19 heavy (non-hydrogen) atoms. The summed E-state index contributed by atoms with van der Waals surface area (Å²) in [5.41, 5.74) is 6.49. The Hall–Kier alpha value is -1.43. The summed E-state index contributed by atoms with van der Waals surface area (Å²) >= 11 is 0. The van der Waals surface area contributed by atoms with Crippen molar-refractivity contribution in [2.75, 3.05) is 0 Å². The molecule has 0 saturated carbocycles. The second-order valence-electron chi connectivity index (χ2n) is 5.64. The van der Waals surface area contributed by atoms with Crippen molar-refractivity contribution in [2.45, 2.75) is 45.1 Å². The molecule has 5 N–H and O–H groups in total. The zero-order valence-electron chi connectivity index (χ0n) is 11.6. The number of carbonyl (C=O) groups is 1. The number of nitrogens with two attached hydrogens (primary N) is 1. The summed E-state index contributed by atoms with van der Waals surface area (Å²) in [4.78, 5) is 10.8. The lowest BCUT2D eigenvalue weighted by Gasteiger charge is -2.21. The average molecular weight is 266 g/mol. The van der Waals surface area contributed by atoms with Crippen molar-refractivity contribution < 1.29 is 15.0 Å². The molecule has 1 rings (SSSR count). The number of aliphatic hydroxyl groups excluding tert-OH is 2. The second kappa shape index (κ2) is 6.14. The summed E-state index contributed by atoms with van der Waals surface area (Å²) in [6.45, 7) is 6.94. The minimum atomic E-state index is -1.58. The molecule has 1 aromatic carbocycles. The van der Waals surface area contributed by atoms with Crippen LogP contribution in [0.3, 0.4) is 0 Å². The van der Waals surface area contributed by atoms with Crippen molar-refractivity contribution in [3.8, 4) is 0 Å².